The van der Waals surface area contributed by atoms with Gasteiger partial charge in [0.05, 0.1) is 0 Å². The summed E-state index contributed by atoms with van der Waals surface area (Å²) in [6.07, 6.45) is 0. The molecule has 1 radical (unpaired) electrons. The van der Waals surface area contributed by atoms with Crippen LogP contribution in [0.15, 0.2) is 18.2 Å². The number of rotatable bonds is 0. The average Bonchev–Trinajstić information content (AvgIpc) is 1.91. The predicted molar refractivity (Wildman–Crippen MR) is 31.5 cm³/mol. The maximum absolute atomic E-state index is 2.12. The van der Waals surface area contributed by atoms with Gasteiger partial charge in [0.2, 0.25) is 0 Å². The summed E-state index contributed by atoms with van der Waals surface area (Å²) >= 11 is 0. The van der Waals surface area contributed by atoms with E-state index in [0.717, 1.165) is 0 Å². The van der Waals surface area contributed by atoms with Gasteiger partial charge in [-0.15, -0.1) is 0 Å². The van der Waals surface area contributed by atoms with Gasteiger partial charge < -0.3 is 24.8 Å². The second-order valence-corrected chi connectivity index (χ2v) is 1.89. The fourth-order valence-corrected chi connectivity index (χ4v) is 0.600. The van der Waals surface area contributed by atoms with E-state index in [1.807, 2.05) is 0 Å². The van der Waals surface area contributed by atoms with Crippen LogP contribution in [0, 0.1) is 13.8 Å². The van der Waals surface area contributed by atoms with E-state index in [9.17, 15) is 0 Å². The quantitative estimate of drug-likeness (QED) is 0.415. The van der Waals surface area contributed by atoms with Gasteiger partial charge in [0.25, 0.3) is 0 Å². The zero-order valence-electron chi connectivity index (χ0n) is 5.99. The van der Waals surface area contributed by atoms with Crippen LogP contribution < -0.4 is 24.8 Å². The van der Waals surface area contributed by atoms with Crippen LogP contribution in [0.25, 0.3) is 0 Å². The van der Waals surface area contributed by atoms with Gasteiger partial charge >= 0.3 is 26.2 Å². The first-order chi connectivity index (χ1) is 3.30. The van der Waals surface area contributed by atoms with Gasteiger partial charge in [-0.3, -0.25) is 0 Å². The van der Waals surface area contributed by atoms with E-state index in [-0.39, 0.29) is 51.0 Å². The zero-order valence-corrected chi connectivity index (χ0v) is 9.96. The molecule has 1 aromatic rings. The molecule has 55 valence electrons. The van der Waals surface area contributed by atoms with Crippen molar-refractivity contribution < 1.29 is 51.0 Å². The number of hydrogen-bond acceptors (Lipinski definition) is 0. The minimum Gasteiger partial charge on any atom is -1.00 e. The Labute approximate surface area is 93.7 Å². The molecular formula is C7H9Cl2Zr. The second-order valence-electron chi connectivity index (χ2n) is 1.89. The summed E-state index contributed by atoms with van der Waals surface area (Å²) in [4.78, 5) is 0. The summed E-state index contributed by atoms with van der Waals surface area (Å²) in [6.45, 7) is 4.24. The van der Waals surface area contributed by atoms with Crippen LogP contribution in [-0.2, 0) is 26.2 Å². The largest absolute Gasteiger partial charge is 3.00 e. The maximum Gasteiger partial charge on any atom is 3.00 e. The first-order valence-electron chi connectivity index (χ1n) is 2.49. The van der Waals surface area contributed by atoms with E-state index in [2.05, 4.69) is 32.0 Å². The molecule has 0 bridgehead atoms. The van der Waals surface area contributed by atoms with Crippen molar-refractivity contribution in [3.05, 3.63) is 29.3 Å². The second kappa shape index (κ2) is 7.92. The number of halogens is 2. The Morgan fingerprint density at radius 3 is 1.90 bits per heavy atom. The SMILES string of the molecule is Cc1ccc[c-]1C.[Cl-].[Cl-].[Zr+3]. The van der Waals surface area contributed by atoms with Crippen LogP contribution in [0.1, 0.15) is 11.1 Å². The summed E-state index contributed by atoms with van der Waals surface area (Å²) < 4.78 is 0. The minimum atomic E-state index is 0. The third kappa shape index (κ3) is 4.60. The Morgan fingerprint density at radius 1 is 1.30 bits per heavy atom. The molecule has 0 saturated carbocycles. The van der Waals surface area contributed by atoms with E-state index in [1.165, 1.54) is 11.1 Å². The molecule has 1 rings (SSSR count). The molecule has 0 aliphatic carbocycles. The van der Waals surface area contributed by atoms with Crippen LogP contribution in [0.5, 0.6) is 0 Å². The normalized spacial score (nSPS) is 6.60. The van der Waals surface area contributed by atoms with Crippen molar-refractivity contribution in [2.75, 3.05) is 0 Å². The van der Waals surface area contributed by atoms with Crippen molar-refractivity contribution in [3.63, 3.8) is 0 Å². The first-order valence-corrected chi connectivity index (χ1v) is 2.49. The van der Waals surface area contributed by atoms with Gasteiger partial charge in [-0.25, -0.2) is 12.1 Å². The smallest absolute Gasteiger partial charge is 1.00 e. The summed E-state index contributed by atoms with van der Waals surface area (Å²) in [5.74, 6) is 0. The van der Waals surface area contributed by atoms with Gasteiger partial charge in [0.15, 0.2) is 0 Å². The summed E-state index contributed by atoms with van der Waals surface area (Å²) in [7, 11) is 0. The molecule has 3 heteroatoms. The maximum atomic E-state index is 2.12. The fourth-order valence-electron chi connectivity index (χ4n) is 0.600. The fraction of sp³-hybridized carbons (Fsp3) is 0.286. The van der Waals surface area contributed by atoms with E-state index in [0.29, 0.717) is 0 Å². The molecule has 1 aromatic carbocycles. The van der Waals surface area contributed by atoms with Gasteiger partial charge in [-0.2, -0.15) is 17.2 Å². The summed E-state index contributed by atoms with van der Waals surface area (Å²) in [5.41, 5.74) is 2.78. The van der Waals surface area contributed by atoms with Gasteiger partial charge in [-0.1, -0.05) is 13.8 Å². The first kappa shape index (κ1) is 17.1. The van der Waals surface area contributed by atoms with Crippen LogP contribution in [0.4, 0.5) is 0 Å². The molecule has 0 aliphatic heterocycles. The molecule has 10 heavy (non-hydrogen) atoms. The Bertz CT molecular complexity index is 144. The molecule has 0 spiro atoms. The third-order valence-corrected chi connectivity index (χ3v) is 1.31. The Hall–Kier alpha value is 0.813. The van der Waals surface area contributed by atoms with Gasteiger partial charge in [-0.05, 0) is 0 Å². The monoisotopic (exact) mass is 253 g/mol. The van der Waals surface area contributed by atoms with Crippen molar-refractivity contribution in [1.82, 2.24) is 0 Å². The van der Waals surface area contributed by atoms with Crippen LogP contribution in [0.3, 0.4) is 0 Å². The number of hydrogen-bond donors (Lipinski definition) is 0. The molecule has 0 saturated heterocycles. The van der Waals surface area contributed by atoms with Crippen molar-refractivity contribution in [3.8, 4) is 0 Å². The van der Waals surface area contributed by atoms with Crippen LogP contribution >= 0.6 is 0 Å². The standard InChI is InChI=1S/C7H9.2ClH.Zr/c1-6-4-3-5-7(6)2;;;/h3-5H,1-2H3;2*1H;/q-1;;;+3/p-2. The Balaban J connectivity index is -0.000000163. The van der Waals surface area contributed by atoms with E-state index in [1.54, 1.807) is 0 Å². The van der Waals surface area contributed by atoms with E-state index in [4.69, 9.17) is 0 Å². The predicted octanol–water partition coefficient (Wildman–Crippen LogP) is -3.97. The van der Waals surface area contributed by atoms with Crippen molar-refractivity contribution in [2.45, 2.75) is 13.8 Å². The van der Waals surface area contributed by atoms with E-state index >= 15 is 0 Å². The molecule has 0 aromatic heterocycles. The summed E-state index contributed by atoms with van der Waals surface area (Å²) in [6, 6.07) is 6.31. The van der Waals surface area contributed by atoms with Crippen LogP contribution in [-0.4, -0.2) is 0 Å². The van der Waals surface area contributed by atoms with E-state index < -0.39 is 0 Å². The minimum absolute atomic E-state index is 0. The average molecular weight is 255 g/mol. The number of aryl methyl sites for hydroxylation is 2. The van der Waals surface area contributed by atoms with Crippen LogP contribution in [0.2, 0.25) is 0 Å². The molecule has 0 atom stereocenters. The molecule has 0 unspecified atom stereocenters. The molecule has 0 heterocycles. The van der Waals surface area contributed by atoms with Gasteiger partial charge in [0.1, 0.15) is 0 Å². The molecule has 0 nitrogen and oxygen atoms in total. The third-order valence-electron chi connectivity index (χ3n) is 1.31. The topological polar surface area (TPSA) is 0 Å². The Kier molecular flexibility index (Phi) is 13.5. The Morgan fingerprint density at radius 2 is 1.80 bits per heavy atom. The molecular weight excluding hydrogens is 246 g/mol. The van der Waals surface area contributed by atoms with Crippen molar-refractivity contribution >= 4 is 0 Å². The molecule has 0 fully saturated rings. The molecule has 0 aliphatic rings. The van der Waals surface area contributed by atoms with Gasteiger partial charge in [0, 0.05) is 0 Å². The zero-order chi connectivity index (χ0) is 5.28. The van der Waals surface area contributed by atoms with Crippen molar-refractivity contribution in [2.24, 2.45) is 0 Å². The summed E-state index contributed by atoms with van der Waals surface area (Å²) in [5, 5.41) is 0. The molecule has 0 N–H and O–H groups in total. The molecule has 0 amide bonds. The van der Waals surface area contributed by atoms with Crippen molar-refractivity contribution in [1.29, 1.82) is 0 Å².